The Morgan fingerprint density at radius 3 is 3.06 bits per heavy atom. The monoisotopic (exact) mass is 254 g/mol. The molecule has 0 radical (unpaired) electrons. The van der Waals surface area contributed by atoms with Crippen LogP contribution in [0.2, 0.25) is 0 Å². The van der Waals surface area contributed by atoms with E-state index in [1.807, 2.05) is 18.2 Å². The summed E-state index contributed by atoms with van der Waals surface area (Å²) in [4.78, 5) is 4.37. The van der Waals surface area contributed by atoms with Crippen LogP contribution in [0.1, 0.15) is 19.8 Å². The van der Waals surface area contributed by atoms with Crippen molar-refractivity contribution in [2.75, 3.05) is 11.5 Å². The van der Waals surface area contributed by atoms with E-state index in [0.717, 1.165) is 28.7 Å². The number of fused-ring (bicyclic) bond motifs is 1. The first-order valence-corrected chi connectivity index (χ1v) is 7.38. The zero-order valence-corrected chi connectivity index (χ0v) is 10.7. The molecule has 0 fully saturated rings. The Morgan fingerprint density at radius 2 is 2.31 bits per heavy atom. The van der Waals surface area contributed by atoms with Crippen LogP contribution < -0.4 is 5.73 Å². The number of unbranched alkanes of at least 4 members (excludes halogenated alkanes) is 1. The van der Waals surface area contributed by atoms with Gasteiger partial charge in [-0.3, -0.25) is 4.21 Å². The van der Waals surface area contributed by atoms with Crippen LogP contribution in [0, 0.1) is 0 Å². The lowest BCUT2D eigenvalue weighted by atomic mass is 10.3. The van der Waals surface area contributed by atoms with E-state index in [9.17, 15) is 4.21 Å². The smallest absolute Gasteiger partial charge is 0.181 e. The molecule has 0 saturated carbocycles. The average Bonchev–Trinajstić information content (AvgIpc) is 2.68. The molecule has 16 heavy (non-hydrogen) atoms. The van der Waals surface area contributed by atoms with Gasteiger partial charge in [-0.15, -0.1) is 11.3 Å². The lowest BCUT2D eigenvalue weighted by Crippen LogP contribution is -1.96. The number of nitrogens with two attached hydrogens (primary N) is 1. The van der Waals surface area contributed by atoms with Gasteiger partial charge >= 0.3 is 0 Å². The summed E-state index contributed by atoms with van der Waals surface area (Å²) in [5.74, 6) is 0.700. The van der Waals surface area contributed by atoms with E-state index in [1.165, 1.54) is 11.3 Å². The highest BCUT2D eigenvalue weighted by Crippen LogP contribution is 2.26. The molecule has 0 aliphatic heterocycles. The van der Waals surface area contributed by atoms with E-state index in [2.05, 4.69) is 11.9 Å². The molecule has 0 aliphatic carbocycles. The second-order valence-electron chi connectivity index (χ2n) is 3.61. The van der Waals surface area contributed by atoms with Crippen LogP contribution in [-0.2, 0) is 10.8 Å². The zero-order chi connectivity index (χ0) is 11.5. The second kappa shape index (κ2) is 4.93. The molecule has 1 atom stereocenters. The van der Waals surface area contributed by atoms with Gasteiger partial charge in [-0.1, -0.05) is 13.3 Å². The largest absolute Gasteiger partial charge is 0.399 e. The van der Waals surface area contributed by atoms with Crippen molar-refractivity contribution in [1.29, 1.82) is 0 Å². The molecule has 1 unspecified atom stereocenters. The SMILES string of the molecule is CCCCS(=O)c1nc2ccc(N)cc2s1. The fourth-order valence-electron chi connectivity index (χ4n) is 1.38. The van der Waals surface area contributed by atoms with E-state index < -0.39 is 10.8 Å². The highest BCUT2D eigenvalue weighted by Gasteiger charge is 2.10. The van der Waals surface area contributed by atoms with Crippen LogP contribution in [0.15, 0.2) is 22.5 Å². The standard InChI is InChI=1S/C11H14N2OS2/c1-2-3-6-16(14)11-13-9-5-4-8(12)7-10(9)15-11/h4-5,7H,2-3,6,12H2,1H3. The van der Waals surface area contributed by atoms with Crippen molar-refractivity contribution >= 4 is 38.0 Å². The number of thiazole rings is 1. The van der Waals surface area contributed by atoms with E-state index in [-0.39, 0.29) is 0 Å². The topological polar surface area (TPSA) is 56.0 Å². The Balaban J connectivity index is 2.28. The Bertz CT molecular complexity index is 522. The van der Waals surface area contributed by atoms with E-state index in [0.29, 0.717) is 10.1 Å². The molecule has 1 heterocycles. The molecule has 1 aromatic heterocycles. The number of nitrogens with zero attached hydrogens (tertiary/aromatic N) is 1. The summed E-state index contributed by atoms with van der Waals surface area (Å²) < 4.78 is 13.6. The van der Waals surface area contributed by atoms with Gasteiger partial charge in [0.05, 0.1) is 21.0 Å². The summed E-state index contributed by atoms with van der Waals surface area (Å²) in [5.41, 5.74) is 7.30. The first-order chi connectivity index (χ1) is 7.70. The molecule has 0 bridgehead atoms. The molecular weight excluding hydrogens is 240 g/mol. The first kappa shape index (κ1) is 11.5. The van der Waals surface area contributed by atoms with Crippen LogP contribution in [0.4, 0.5) is 5.69 Å². The number of hydrogen-bond donors (Lipinski definition) is 1. The van der Waals surface area contributed by atoms with Crippen LogP contribution in [-0.4, -0.2) is 14.9 Å². The van der Waals surface area contributed by atoms with Gasteiger partial charge < -0.3 is 5.73 Å². The fourth-order valence-corrected chi connectivity index (χ4v) is 3.94. The number of aromatic nitrogens is 1. The maximum Gasteiger partial charge on any atom is 0.181 e. The molecule has 0 aliphatic rings. The molecule has 0 amide bonds. The minimum Gasteiger partial charge on any atom is -0.399 e. The van der Waals surface area contributed by atoms with Crippen molar-refractivity contribution in [2.24, 2.45) is 0 Å². The zero-order valence-electron chi connectivity index (χ0n) is 9.10. The minimum absolute atomic E-state index is 0.700. The predicted molar refractivity (Wildman–Crippen MR) is 70.2 cm³/mol. The summed E-state index contributed by atoms with van der Waals surface area (Å²) >= 11 is 1.48. The number of rotatable bonds is 4. The minimum atomic E-state index is -0.956. The molecule has 86 valence electrons. The normalized spacial score (nSPS) is 13.1. The summed E-state index contributed by atoms with van der Waals surface area (Å²) in [5, 5.41) is 0. The molecule has 0 spiro atoms. The van der Waals surface area contributed by atoms with Crippen LogP contribution >= 0.6 is 11.3 Å². The van der Waals surface area contributed by atoms with Crippen molar-refractivity contribution in [3.05, 3.63) is 18.2 Å². The molecule has 1 aromatic carbocycles. The van der Waals surface area contributed by atoms with Gasteiger partial charge in [0.2, 0.25) is 0 Å². The van der Waals surface area contributed by atoms with Gasteiger partial charge in [0.25, 0.3) is 0 Å². The summed E-state index contributed by atoms with van der Waals surface area (Å²) in [6.07, 6.45) is 2.04. The molecule has 2 aromatic rings. The van der Waals surface area contributed by atoms with Gasteiger partial charge in [-0.2, -0.15) is 0 Å². The van der Waals surface area contributed by atoms with E-state index in [1.54, 1.807) is 0 Å². The quantitative estimate of drug-likeness (QED) is 0.854. The third-order valence-corrected chi connectivity index (χ3v) is 5.03. The lowest BCUT2D eigenvalue weighted by Gasteiger charge is -1.94. The summed E-state index contributed by atoms with van der Waals surface area (Å²) in [7, 11) is -0.956. The lowest BCUT2D eigenvalue weighted by molar-refractivity contribution is 0.679. The first-order valence-electron chi connectivity index (χ1n) is 5.25. The van der Waals surface area contributed by atoms with Crippen LogP contribution in [0.5, 0.6) is 0 Å². The van der Waals surface area contributed by atoms with Gasteiger partial charge in [-0.05, 0) is 24.6 Å². The van der Waals surface area contributed by atoms with Gasteiger partial charge in [-0.25, -0.2) is 4.98 Å². The Morgan fingerprint density at radius 1 is 1.50 bits per heavy atom. The highest BCUT2D eigenvalue weighted by molar-refractivity contribution is 7.87. The Hall–Kier alpha value is -0.940. The molecule has 0 saturated heterocycles. The van der Waals surface area contributed by atoms with Crippen LogP contribution in [0.25, 0.3) is 10.2 Å². The highest BCUT2D eigenvalue weighted by atomic mass is 32.2. The molecule has 2 rings (SSSR count). The summed E-state index contributed by atoms with van der Waals surface area (Å²) in [6.45, 7) is 2.09. The number of benzene rings is 1. The third kappa shape index (κ3) is 2.41. The average molecular weight is 254 g/mol. The van der Waals surface area contributed by atoms with Crippen molar-refractivity contribution in [3.63, 3.8) is 0 Å². The third-order valence-electron chi connectivity index (χ3n) is 2.27. The predicted octanol–water partition coefficient (Wildman–Crippen LogP) is 2.79. The van der Waals surface area contributed by atoms with E-state index >= 15 is 0 Å². The van der Waals surface area contributed by atoms with Crippen LogP contribution in [0.3, 0.4) is 0 Å². The Kier molecular flexibility index (Phi) is 3.56. The number of hydrogen-bond acceptors (Lipinski definition) is 4. The maximum atomic E-state index is 11.9. The van der Waals surface area contributed by atoms with Crippen molar-refractivity contribution in [2.45, 2.75) is 24.1 Å². The van der Waals surface area contributed by atoms with Gasteiger partial charge in [0, 0.05) is 11.4 Å². The molecule has 5 heteroatoms. The number of nitrogen functional groups attached to an aromatic ring is 1. The second-order valence-corrected chi connectivity index (χ2v) is 6.39. The Labute approximate surface area is 101 Å². The molecule has 3 nitrogen and oxygen atoms in total. The van der Waals surface area contributed by atoms with Crippen molar-refractivity contribution in [1.82, 2.24) is 4.98 Å². The molecular formula is C11H14N2OS2. The van der Waals surface area contributed by atoms with Crippen molar-refractivity contribution in [3.8, 4) is 0 Å². The number of anilines is 1. The molecule has 2 N–H and O–H groups in total. The van der Waals surface area contributed by atoms with Gasteiger partial charge in [0.1, 0.15) is 0 Å². The van der Waals surface area contributed by atoms with Gasteiger partial charge in [0.15, 0.2) is 4.34 Å². The van der Waals surface area contributed by atoms with Crippen molar-refractivity contribution < 1.29 is 4.21 Å². The summed E-state index contributed by atoms with van der Waals surface area (Å²) in [6, 6.07) is 5.58. The fraction of sp³-hybridized carbons (Fsp3) is 0.364. The maximum absolute atomic E-state index is 11.9. The van der Waals surface area contributed by atoms with E-state index in [4.69, 9.17) is 5.73 Å².